The summed E-state index contributed by atoms with van der Waals surface area (Å²) in [5.74, 6) is 0. The van der Waals surface area contributed by atoms with Crippen LogP contribution in [-0.4, -0.2) is 21.3 Å². The van der Waals surface area contributed by atoms with E-state index in [0.717, 1.165) is 5.46 Å². The van der Waals surface area contributed by atoms with Gasteiger partial charge in [0.25, 0.3) is 0 Å². The first-order valence-corrected chi connectivity index (χ1v) is 8.03. The molecule has 0 spiro atoms. The minimum atomic E-state index is -0.347. The number of hydrogen-bond acceptors (Lipinski definition) is 3. The van der Waals surface area contributed by atoms with Crippen molar-refractivity contribution in [1.82, 2.24) is 0 Å². The lowest BCUT2D eigenvalue weighted by atomic mass is 9.77. The third-order valence-corrected chi connectivity index (χ3v) is 5.30. The lowest BCUT2D eigenvalue weighted by molar-refractivity contribution is 0.292. The smallest absolute Gasteiger partial charge is 0.410 e. The van der Waals surface area contributed by atoms with E-state index in [2.05, 4.69) is 54.6 Å². The van der Waals surface area contributed by atoms with Crippen LogP contribution >= 0.6 is 11.3 Å². The first-order valence-electron chi connectivity index (χ1n) is 7.22. The van der Waals surface area contributed by atoms with Crippen LogP contribution in [0, 0.1) is 0 Å². The fourth-order valence-electron chi connectivity index (χ4n) is 3.12. The van der Waals surface area contributed by atoms with Crippen molar-refractivity contribution in [2.45, 2.75) is 0 Å². The second-order valence-corrected chi connectivity index (χ2v) is 6.34. The van der Waals surface area contributed by atoms with Crippen LogP contribution in [0.25, 0.3) is 30.9 Å². The molecule has 0 saturated heterocycles. The highest BCUT2D eigenvalue weighted by Gasteiger charge is 2.24. The van der Waals surface area contributed by atoms with Gasteiger partial charge in [-0.1, -0.05) is 48.5 Å². The highest BCUT2D eigenvalue weighted by molar-refractivity contribution is 7.27. The quantitative estimate of drug-likeness (QED) is 0.528. The molecule has 0 aliphatic rings. The molecule has 3 aromatic carbocycles. The monoisotopic (exact) mass is 306 g/mol. The third-order valence-electron chi connectivity index (χ3n) is 4.08. The first-order chi connectivity index (χ1) is 10.8. The summed E-state index contributed by atoms with van der Waals surface area (Å²) in [5, 5.41) is 5.09. The molecule has 0 unspecified atom stereocenters. The fourth-order valence-corrected chi connectivity index (χ4v) is 4.37. The SMILES string of the molecule is COB(OC)c1cc2ccccc2c2c1sc1ccccc12. The van der Waals surface area contributed by atoms with E-state index in [1.54, 1.807) is 25.6 Å². The standard InChI is InChI=1S/C18H15BO2S/c1-20-19(21-2)15-11-12-7-3-4-8-13(12)17-14-9-5-6-10-16(14)22-18(15)17/h3-11H,1-2H3. The van der Waals surface area contributed by atoms with E-state index in [4.69, 9.17) is 9.31 Å². The van der Waals surface area contributed by atoms with Gasteiger partial charge in [-0.2, -0.15) is 0 Å². The molecule has 1 heterocycles. The third kappa shape index (κ3) is 1.96. The molecule has 1 aromatic heterocycles. The van der Waals surface area contributed by atoms with Crippen molar-refractivity contribution in [3.63, 3.8) is 0 Å². The van der Waals surface area contributed by atoms with Gasteiger partial charge in [-0.05, 0) is 16.8 Å². The summed E-state index contributed by atoms with van der Waals surface area (Å²) in [4.78, 5) is 0. The zero-order valence-corrected chi connectivity index (χ0v) is 13.3. The van der Waals surface area contributed by atoms with Gasteiger partial charge in [0, 0.05) is 39.9 Å². The zero-order valence-electron chi connectivity index (χ0n) is 12.5. The Morgan fingerprint density at radius 3 is 2.32 bits per heavy atom. The lowest BCUT2D eigenvalue weighted by Crippen LogP contribution is -2.35. The van der Waals surface area contributed by atoms with E-state index < -0.39 is 0 Å². The van der Waals surface area contributed by atoms with Gasteiger partial charge in [-0.3, -0.25) is 0 Å². The highest BCUT2D eigenvalue weighted by Crippen LogP contribution is 2.37. The minimum absolute atomic E-state index is 0.347. The largest absolute Gasteiger partial charge is 0.494 e. The van der Waals surface area contributed by atoms with E-state index >= 15 is 0 Å². The topological polar surface area (TPSA) is 18.5 Å². The Morgan fingerprint density at radius 2 is 1.55 bits per heavy atom. The maximum atomic E-state index is 5.52. The van der Waals surface area contributed by atoms with Crippen molar-refractivity contribution in [1.29, 1.82) is 0 Å². The summed E-state index contributed by atoms with van der Waals surface area (Å²) in [5.41, 5.74) is 1.10. The molecule has 0 N–H and O–H groups in total. The Hall–Kier alpha value is -1.88. The van der Waals surface area contributed by atoms with E-state index in [0.29, 0.717) is 0 Å². The molecule has 4 heteroatoms. The van der Waals surface area contributed by atoms with Crippen LogP contribution in [0.1, 0.15) is 0 Å². The van der Waals surface area contributed by atoms with Crippen molar-refractivity contribution in [2.24, 2.45) is 0 Å². The van der Waals surface area contributed by atoms with Gasteiger partial charge in [0.1, 0.15) is 0 Å². The Balaban J connectivity index is 2.23. The Kier molecular flexibility index (Phi) is 3.38. The molecular formula is C18H15BO2S. The van der Waals surface area contributed by atoms with Gasteiger partial charge < -0.3 is 9.31 Å². The van der Waals surface area contributed by atoms with E-state index in [1.165, 1.54) is 30.9 Å². The summed E-state index contributed by atoms with van der Waals surface area (Å²) in [6, 6.07) is 19.2. The predicted molar refractivity (Wildman–Crippen MR) is 96.2 cm³/mol. The molecule has 0 fully saturated rings. The average molecular weight is 306 g/mol. The average Bonchev–Trinajstić information content (AvgIpc) is 2.96. The summed E-state index contributed by atoms with van der Waals surface area (Å²) in [6.45, 7) is 0. The van der Waals surface area contributed by atoms with E-state index in [9.17, 15) is 0 Å². The van der Waals surface area contributed by atoms with Crippen LogP contribution in [0.3, 0.4) is 0 Å². The molecular weight excluding hydrogens is 291 g/mol. The molecule has 2 nitrogen and oxygen atoms in total. The maximum absolute atomic E-state index is 5.52. The molecule has 4 aromatic rings. The van der Waals surface area contributed by atoms with E-state index in [-0.39, 0.29) is 7.12 Å². The van der Waals surface area contributed by atoms with Crippen molar-refractivity contribution in [3.05, 3.63) is 54.6 Å². The van der Waals surface area contributed by atoms with Gasteiger partial charge in [-0.25, -0.2) is 0 Å². The molecule has 0 radical (unpaired) electrons. The number of benzene rings is 3. The van der Waals surface area contributed by atoms with Crippen molar-refractivity contribution >= 4 is 54.9 Å². The predicted octanol–water partition coefficient (Wildman–Crippen LogP) is 4.20. The lowest BCUT2D eigenvalue weighted by Gasteiger charge is -2.12. The highest BCUT2D eigenvalue weighted by atomic mass is 32.1. The van der Waals surface area contributed by atoms with Crippen LogP contribution in [0.2, 0.25) is 0 Å². The number of fused-ring (bicyclic) bond motifs is 5. The van der Waals surface area contributed by atoms with Gasteiger partial charge in [0.15, 0.2) is 0 Å². The van der Waals surface area contributed by atoms with Crippen molar-refractivity contribution in [3.8, 4) is 0 Å². The second-order valence-electron chi connectivity index (χ2n) is 5.29. The Labute approximate surface area is 133 Å². The molecule has 4 rings (SSSR count). The molecule has 108 valence electrons. The summed E-state index contributed by atoms with van der Waals surface area (Å²) in [6.07, 6.45) is 0. The Morgan fingerprint density at radius 1 is 0.864 bits per heavy atom. The second kappa shape index (κ2) is 5.40. The van der Waals surface area contributed by atoms with Gasteiger partial charge >= 0.3 is 7.12 Å². The molecule has 0 aliphatic heterocycles. The zero-order chi connectivity index (χ0) is 15.1. The van der Waals surface area contributed by atoms with Crippen LogP contribution in [0.4, 0.5) is 0 Å². The molecule has 0 bridgehead atoms. The fraction of sp³-hybridized carbons (Fsp3) is 0.111. The van der Waals surface area contributed by atoms with Gasteiger partial charge in [0.2, 0.25) is 0 Å². The Bertz CT molecular complexity index is 973. The molecule has 0 amide bonds. The maximum Gasteiger partial charge on any atom is 0.494 e. The van der Waals surface area contributed by atoms with Crippen LogP contribution in [0.15, 0.2) is 54.6 Å². The molecule has 0 atom stereocenters. The number of rotatable bonds is 3. The summed E-state index contributed by atoms with van der Waals surface area (Å²) >= 11 is 1.80. The summed E-state index contributed by atoms with van der Waals surface area (Å²) < 4.78 is 13.6. The van der Waals surface area contributed by atoms with Gasteiger partial charge in [-0.15, -0.1) is 11.3 Å². The van der Waals surface area contributed by atoms with Crippen LogP contribution in [0.5, 0.6) is 0 Å². The minimum Gasteiger partial charge on any atom is -0.410 e. The van der Waals surface area contributed by atoms with Crippen LogP contribution < -0.4 is 5.46 Å². The van der Waals surface area contributed by atoms with E-state index in [1.807, 2.05) is 0 Å². The molecule has 0 saturated carbocycles. The van der Waals surface area contributed by atoms with Gasteiger partial charge in [0.05, 0.1) is 0 Å². The molecule has 0 aliphatic carbocycles. The van der Waals surface area contributed by atoms with Crippen molar-refractivity contribution < 1.29 is 9.31 Å². The van der Waals surface area contributed by atoms with Crippen LogP contribution in [-0.2, 0) is 9.31 Å². The number of hydrogen-bond donors (Lipinski definition) is 0. The summed E-state index contributed by atoms with van der Waals surface area (Å²) in [7, 11) is 3.02. The first kappa shape index (κ1) is 13.8. The molecule has 22 heavy (non-hydrogen) atoms. The van der Waals surface area contributed by atoms with Crippen molar-refractivity contribution in [2.75, 3.05) is 14.2 Å². The number of thiophene rings is 1. The normalized spacial score (nSPS) is 11.5.